The first-order chi connectivity index (χ1) is 15.8. The van der Waals surface area contributed by atoms with Crippen LogP contribution in [0.25, 0.3) is 0 Å². The van der Waals surface area contributed by atoms with Gasteiger partial charge in [0, 0.05) is 27.0 Å². The van der Waals surface area contributed by atoms with Crippen molar-refractivity contribution in [3.05, 3.63) is 72.4 Å². The number of anilines is 2. The number of benzene rings is 2. The van der Waals surface area contributed by atoms with Crippen LogP contribution in [0.3, 0.4) is 0 Å². The van der Waals surface area contributed by atoms with Gasteiger partial charge in [-0.1, -0.05) is 36.4 Å². The molecule has 1 N–H and O–H groups in total. The van der Waals surface area contributed by atoms with Gasteiger partial charge in [0.1, 0.15) is 6.61 Å². The molecule has 0 radical (unpaired) electrons. The Balaban J connectivity index is 1.91. The van der Waals surface area contributed by atoms with Gasteiger partial charge in [0.25, 0.3) is 0 Å². The van der Waals surface area contributed by atoms with Crippen LogP contribution in [0.4, 0.5) is 11.4 Å². The minimum atomic E-state index is -0.837. The van der Waals surface area contributed by atoms with E-state index in [9.17, 15) is 14.4 Å². The molecule has 2 aromatic carbocycles. The lowest BCUT2D eigenvalue weighted by Gasteiger charge is -2.28. The molecule has 172 valence electrons. The summed E-state index contributed by atoms with van der Waals surface area (Å²) in [6.45, 7) is 3.87. The fourth-order valence-corrected chi connectivity index (χ4v) is 3.26. The van der Waals surface area contributed by atoms with Gasteiger partial charge >= 0.3 is 11.9 Å². The number of para-hydroxylation sites is 2. The smallest absolute Gasteiger partial charge is 0.303 e. The molecular formula is C24H26N4O5. The van der Waals surface area contributed by atoms with Crippen molar-refractivity contribution in [3.63, 3.8) is 0 Å². The summed E-state index contributed by atoms with van der Waals surface area (Å²) in [6.07, 6.45) is 2.54. The Morgan fingerprint density at radius 2 is 1.67 bits per heavy atom. The Bertz CT molecular complexity index is 1040. The van der Waals surface area contributed by atoms with E-state index in [2.05, 4.69) is 10.5 Å². The highest BCUT2D eigenvalue weighted by Gasteiger charge is 2.32. The van der Waals surface area contributed by atoms with Crippen molar-refractivity contribution in [2.75, 3.05) is 16.6 Å². The van der Waals surface area contributed by atoms with E-state index in [4.69, 9.17) is 9.47 Å². The Labute approximate surface area is 192 Å². The third-order valence-electron chi connectivity index (χ3n) is 4.62. The summed E-state index contributed by atoms with van der Waals surface area (Å²) in [6, 6.07) is 18.0. The van der Waals surface area contributed by atoms with Crippen LogP contribution in [0.15, 0.2) is 77.5 Å². The number of hydrogen-bond acceptors (Lipinski definition) is 8. The Morgan fingerprint density at radius 1 is 1.03 bits per heavy atom. The van der Waals surface area contributed by atoms with E-state index in [-0.39, 0.29) is 12.5 Å². The monoisotopic (exact) mass is 450 g/mol. The molecule has 1 heterocycles. The maximum Gasteiger partial charge on any atom is 0.303 e. The van der Waals surface area contributed by atoms with Crippen molar-refractivity contribution >= 4 is 35.4 Å². The number of nitrogens with zero attached hydrogens (tertiary/aromatic N) is 3. The molecular weight excluding hydrogens is 424 g/mol. The molecule has 9 nitrogen and oxygen atoms in total. The van der Waals surface area contributed by atoms with Crippen molar-refractivity contribution in [1.29, 1.82) is 0 Å². The fraction of sp³-hybridized carbons (Fsp3) is 0.250. The van der Waals surface area contributed by atoms with Crippen LogP contribution in [-0.2, 0) is 23.9 Å². The standard InChI is InChI=1S/C24H26N4O5/c1-17(29)27(21-10-6-4-7-11-21)25-15-20-14-23(24(33-19(3)31)16-32-18(2)30)28(26-20)22-12-8-5-9-13-22/h4-15,20,24,26H,16H2,1-3H3/b25-15-/t20-,24+/m0/s1. The summed E-state index contributed by atoms with van der Waals surface area (Å²) >= 11 is 0. The average molecular weight is 450 g/mol. The second-order valence-corrected chi connectivity index (χ2v) is 7.25. The van der Waals surface area contributed by atoms with E-state index < -0.39 is 24.1 Å². The topological polar surface area (TPSA) is 101 Å². The van der Waals surface area contributed by atoms with Gasteiger partial charge in [-0.3, -0.25) is 19.4 Å². The van der Waals surface area contributed by atoms with Gasteiger partial charge in [-0.25, -0.2) is 10.4 Å². The minimum absolute atomic E-state index is 0.140. The van der Waals surface area contributed by atoms with Gasteiger partial charge in [0.15, 0.2) is 6.10 Å². The number of nitrogens with one attached hydrogen (secondary N) is 1. The van der Waals surface area contributed by atoms with Crippen molar-refractivity contribution < 1.29 is 23.9 Å². The number of esters is 2. The first-order valence-electron chi connectivity index (χ1n) is 10.4. The molecule has 0 fully saturated rings. The number of hydrazone groups is 1. The van der Waals surface area contributed by atoms with Gasteiger partial charge < -0.3 is 9.47 Å². The zero-order chi connectivity index (χ0) is 23.8. The number of rotatable bonds is 8. The van der Waals surface area contributed by atoms with E-state index in [0.29, 0.717) is 11.4 Å². The highest BCUT2D eigenvalue weighted by Crippen LogP contribution is 2.26. The van der Waals surface area contributed by atoms with Crippen LogP contribution in [0, 0.1) is 0 Å². The summed E-state index contributed by atoms with van der Waals surface area (Å²) in [5, 5.41) is 7.40. The van der Waals surface area contributed by atoms with Crippen LogP contribution < -0.4 is 15.4 Å². The van der Waals surface area contributed by atoms with E-state index >= 15 is 0 Å². The summed E-state index contributed by atoms with van der Waals surface area (Å²) in [4.78, 5) is 35.2. The maximum atomic E-state index is 12.1. The molecule has 3 rings (SSSR count). The van der Waals surface area contributed by atoms with E-state index in [0.717, 1.165) is 5.69 Å². The number of carbonyl (C=O) groups is 3. The minimum Gasteiger partial charge on any atom is -0.461 e. The predicted octanol–water partition coefficient (Wildman–Crippen LogP) is 2.80. The third-order valence-corrected chi connectivity index (χ3v) is 4.62. The van der Waals surface area contributed by atoms with Gasteiger partial charge in [-0.2, -0.15) is 5.10 Å². The molecule has 0 saturated carbocycles. The molecule has 9 heteroatoms. The van der Waals surface area contributed by atoms with Gasteiger partial charge in [-0.05, 0) is 30.3 Å². The Hall–Kier alpha value is -3.98. The Kier molecular flexibility index (Phi) is 7.93. The van der Waals surface area contributed by atoms with E-state index in [1.807, 2.05) is 48.5 Å². The van der Waals surface area contributed by atoms with Crippen LogP contribution in [-0.4, -0.2) is 42.8 Å². The number of ether oxygens (including phenoxy) is 2. The quantitative estimate of drug-likeness (QED) is 0.375. The van der Waals surface area contributed by atoms with Gasteiger partial charge in [0.2, 0.25) is 5.91 Å². The van der Waals surface area contributed by atoms with Gasteiger partial charge in [-0.15, -0.1) is 0 Å². The van der Waals surface area contributed by atoms with Crippen molar-refractivity contribution in [2.45, 2.75) is 32.9 Å². The molecule has 2 aromatic rings. The zero-order valence-corrected chi connectivity index (χ0v) is 18.7. The molecule has 1 aliphatic rings. The summed E-state index contributed by atoms with van der Waals surface area (Å²) in [5.41, 5.74) is 5.26. The number of hydrogen-bond donors (Lipinski definition) is 1. The summed E-state index contributed by atoms with van der Waals surface area (Å²) < 4.78 is 10.6. The Morgan fingerprint density at radius 3 is 2.24 bits per heavy atom. The maximum absolute atomic E-state index is 12.1. The lowest BCUT2D eigenvalue weighted by molar-refractivity contribution is -0.154. The highest BCUT2D eigenvalue weighted by molar-refractivity contribution is 5.92. The first kappa shape index (κ1) is 23.7. The van der Waals surface area contributed by atoms with Crippen LogP contribution in [0.2, 0.25) is 0 Å². The zero-order valence-electron chi connectivity index (χ0n) is 18.7. The molecule has 33 heavy (non-hydrogen) atoms. The second kappa shape index (κ2) is 11.1. The lowest BCUT2D eigenvalue weighted by Crippen LogP contribution is -2.42. The molecule has 1 aliphatic heterocycles. The predicted molar refractivity (Wildman–Crippen MR) is 124 cm³/mol. The fourth-order valence-electron chi connectivity index (χ4n) is 3.26. The molecule has 1 amide bonds. The normalized spacial score (nSPS) is 16.3. The lowest BCUT2D eigenvalue weighted by atomic mass is 10.2. The van der Waals surface area contributed by atoms with Crippen LogP contribution in [0.5, 0.6) is 0 Å². The number of hydrazine groups is 1. The molecule has 0 unspecified atom stereocenters. The number of carbonyl (C=O) groups excluding carboxylic acids is 3. The third kappa shape index (κ3) is 6.50. The van der Waals surface area contributed by atoms with E-state index in [1.165, 1.54) is 25.8 Å². The highest BCUT2D eigenvalue weighted by atomic mass is 16.6. The molecule has 2 atom stereocenters. The number of amides is 1. The van der Waals surface area contributed by atoms with Crippen LogP contribution >= 0.6 is 0 Å². The molecule has 0 spiro atoms. The summed E-state index contributed by atoms with van der Waals surface area (Å²) in [7, 11) is 0. The van der Waals surface area contributed by atoms with E-state index in [1.54, 1.807) is 29.4 Å². The summed E-state index contributed by atoms with van der Waals surface area (Å²) in [5.74, 6) is -1.24. The van der Waals surface area contributed by atoms with Crippen LogP contribution in [0.1, 0.15) is 20.8 Å². The van der Waals surface area contributed by atoms with Gasteiger partial charge in [0.05, 0.1) is 23.1 Å². The molecule has 0 saturated heterocycles. The molecule has 0 aromatic heterocycles. The second-order valence-electron chi connectivity index (χ2n) is 7.25. The first-order valence-corrected chi connectivity index (χ1v) is 10.4. The van der Waals surface area contributed by atoms with Crippen molar-refractivity contribution in [2.24, 2.45) is 5.10 Å². The van der Waals surface area contributed by atoms with Crippen molar-refractivity contribution in [1.82, 2.24) is 5.43 Å². The largest absolute Gasteiger partial charge is 0.461 e. The SMILES string of the molecule is CC(=O)OC[C@@H](OC(C)=O)C1=C[C@@H](/C=N\N(C(C)=O)c2ccccc2)NN1c1ccccc1. The molecule has 0 aliphatic carbocycles. The van der Waals surface area contributed by atoms with Crippen molar-refractivity contribution in [3.8, 4) is 0 Å². The molecule has 0 bridgehead atoms. The average Bonchev–Trinajstić information content (AvgIpc) is 3.22.